The van der Waals surface area contributed by atoms with Gasteiger partial charge in [0.25, 0.3) is 0 Å². The van der Waals surface area contributed by atoms with Crippen molar-refractivity contribution in [3.63, 3.8) is 0 Å². The summed E-state index contributed by atoms with van der Waals surface area (Å²) in [6.45, 7) is 11.7. The Morgan fingerprint density at radius 1 is 0.870 bits per heavy atom. The van der Waals surface area contributed by atoms with E-state index >= 15 is 0 Å². The summed E-state index contributed by atoms with van der Waals surface area (Å²) in [4.78, 5) is 53.6. The number of hydrogen-bond acceptors (Lipinski definition) is 8. The molecule has 12 nitrogen and oxygen atoms in total. The van der Waals surface area contributed by atoms with E-state index < -0.39 is 72.2 Å². The Morgan fingerprint density at radius 3 is 2.13 bits per heavy atom. The van der Waals surface area contributed by atoms with Crippen molar-refractivity contribution < 1.29 is 41.7 Å². The highest BCUT2D eigenvalue weighted by Crippen LogP contribution is 2.65. The lowest BCUT2D eigenvalue weighted by Crippen LogP contribution is -2.65. The summed E-state index contributed by atoms with van der Waals surface area (Å²) >= 11 is 0. The molecule has 7 atom stereocenters. The molecule has 2 bridgehead atoms. The number of halogens is 3. The minimum atomic E-state index is -4.67. The van der Waals surface area contributed by atoms with Gasteiger partial charge in [-0.3, -0.25) is 19.2 Å². The number of rotatable bonds is 14. The van der Waals surface area contributed by atoms with Gasteiger partial charge in [0.2, 0.25) is 23.6 Å². The predicted molar refractivity (Wildman–Crippen MR) is 192 cm³/mol. The van der Waals surface area contributed by atoms with Gasteiger partial charge in [0.1, 0.15) is 18.1 Å². The fourth-order valence-electron chi connectivity index (χ4n) is 8.32. The molecule has 290 valence electrons. The first kappa shape index (κ1) is 39.4. The molecule has 0 radical (unpaired) electrons. The maximum atomic E-state index is 13.7. The molecule has 4 N–H and O–H groups in total. The first-order valence-electron chi connectivity index (χ1n) is 18.5. The second-order valence-corrected chi connectivity index (χ2v) is 16.2. The van der Waals surface area contributed by atoms with Crippen molar-refractivity contribution in [1.82, 2.24) is 21.3 Å². The second kappa shape index (κ2) is 14.7. The van der Waals surface area contributed by atoms with Crippen LogP contribution in [-0.2, 0) is 47.0 Å². The van der Waals surface area contributed by atoms with Gasteiger partial charge in [0, 0.05) is 12.0 Å². The zero-order valence-corrected chi connectivity index (χ0v) is 31.3. The fourth-order valence-corrected chi connectivity index (χ4v) is 8.32. The van der Waals surface area contributed by atoms with Crippen molar-refractivity contribution >= 4 is 30.7 Å². The molecule has 3 saturated carbocycles. The van der Waals surface area contributed by atoms with E-state index in [4.69, 9.17) is 9.31 Å². The molecule has 4 amide bonds. The molecule has 2 aromatic carbocycles. The molecule has 3 aliphatic carbocycles. The lowest BCUT2D eigenvalue weighted by atomic mass is 9.43. The Kier molecular flexibility index (Phi) is 10.8. The summed E-state index contributed by atoms with van der Waals surface area (Å²) in [6.07, 6.45) is -2.65. The molecule has 1 saturated heterocycles. The molecule has 5 aliphatic rings. The number of amides is 4. The van der Waals surface area contributed by atoms with Crippen LogP contribution in [0.3, 0.4) is 0 Å². The van der Waals surface area contributed by atoms with Crippen LogP contribution in [0, 0.1) is 23.2 Å². The Hall–Kier alpha value is -4.31. The molecule has 0 aromatic heterocycles. The van der Waals surface area contributed by atoms with Crippen molar-refractivity contribution in [2.24, 2.45) is 33.4 Å². The highest BCUT2D eigenvalue weighted by Gasteiger charge is 2.68. The van der Waals surface area contributed by atoms with E-state index in [-0.39, 0.29) is 36.4 Å². The van der Waals surface area contributed by atoms with Crippen molar-refractivity contribution in [2.75, 3.05) is 6.44 Å². The molecule has 54 heavy (non-hydrogen) atoms. The van der Waals surface area contributed by atoms with Gasteiger partial charge in [-0.05, 0) is 61.0 Å². The van der Waals surface area contributed by atoms with Crippen molar-refractivity contribution in [1.29, 1.82) is 0 Å². The molecule has 2 aromatic rings. The van der Waals surface area contributed by atoms with Gasteiger partial charge in [-0.15, -0.1) is 10.2 Å². The zero-order valence-electron chi connectivity index (χ0n) is 31.3. The largest absolute Gasteiger partial charge is 0.478 e. The maximum Gasteiger partial charge on any atom is 0.478 e. The minimum absolute atomic E-state index is 0.0310. The van der Waals surface area contributed by atoms with Gasteiger partial charge in [0.15, 0.2) is 0 Å². The predicted octanol–water partition coefficient (Wildman–Crippen LogP) is 4.17. The average molecular weight is 753 g/mol. The SMILES string of the molecule is CC(C)[C@H](NC(=O)Cc1ccc(C2(C(F)(F)F)N=N2)cc1)C(=O)N[C@@H](Cc1ccccc1)C(=O)N[C@@H](C)C(=O)NCB1O[C@@H]2CC3CC(C3(C)C)[C@]2(C)O1. The van der Waals surface area contributed by atoms with Gasteiger partial charge in [-0.2, -0.15) is 13.2 Å². The van der Waals surface area contributed by atoms with Crippen LogP contribution in [0.5, 0.6) is 0 Å². The van der Waals surface area contributed by atoms with E-state index in [1.165, 1.54) is 24.3 Å². The first-order chi connectivity index (χ1) is 25.3. The van der Waals surface area contributed by atoms with E-state index in [1.54, 1.807) is 32.9 Å². The van der Waals surface area contributed by atoms with Gasteiger partial charge in [-0.1, -0.05) is 82.3 Å². The standard InChI is InChI=1S/C38H48BF3N6O6/c1-21(2)31(46-30(49)17-24-12-14-25(15-13-24)37(47-48-37)38(40,41)42)34(52)45-27(16-23-10-8-7-9-11-23)33(51)44-22(3)32(50)43-20-39-53-29-19-26-18-28(35(26,4)5)36(29,6)54-39/h7-15,21-22,26-29,31H,16-20H2,1-6H3,(H,43,50)(H,44,51)(H,45,52)(H,46,49)/t22-,26?,27-,28?,29+,31-,36-/m0/s1. The second-order valence-electron chi connectivity index (χ2n) is 16.2. The number of nitrogens with zero attached hydrogens (tertiary/aromatic N) is 2. The number of benzene rings is 2. The third-order valence-corrected chi connectivity index (χ3v) is 11.8. The van der Waals surface area contributed by atoms with Crippen LogP contribution in [0.15, 0.2) is 64.8 Å². The van der Waals surface area contributed by atoms with Crippen LogP contribution in [-0.4, -0.2) is 73.2 Å². The number of hydrogen-bond donors (Lipinski definition) is 4. The zero-order chi connectivity index (χ0) is 39.2. The number of nitrogens with one attached hydrogen (secondary N) is 4. The molecular weight excluding hydrogens is 704 g/mol. The smallest absolute Gasteiger partial charge is 0.404 e. The Balaban J connectivity index is 1.04. The van der Waals surface area contributed by atoms with E-state index in [0.29, 0.717) is 17.4 Å². The van der Waals surface area contributed by atoms with Crippen molar-refractivity contribution in [3.05, 3.63) is 71.3 Å². The molecule has 0 spiro atoms. The summed E-state index contributed by atoms with van der Waals surface area (Å²) in [6, 6.07) is 11.2. The van der Waals surface area contributed by atoms with Gasteiger partial charge >= 0.3 is 19.0 Å². The van der Waals surface area contributed by atoms with Gasteiger partial charge < -0.3 is 30.6 Å². The monoisotopic (exact) mass is 752 g/mol. The maximum absolute atomic E-state index is 13.7. The quantitative estimate of drug-likeness (QED) is 0.212. The van der Waals surface area contributed by atoms with Crippen LogP contribution in [0.2, 0.25) is 0 Å². The summed E-state index contributed by atoms with van der Waals surface area (Å²) in [5.74, 6) is -1.62. The summed E-state index contributed by atoms with van der Waals surface area (Å²) in [5, 5.41) is 17.4. The third kappa shape index (κ3) is 7.77. The van der Waals surface area contributed by atoms with Crippen LogP contribution in [0.25, 0.3) is 0 Å². The summed E-state index contributed by atoms with van der Waals surface area (Å²) in [5.41, 5.74) is -1.77. The molecule has 2 unspecified atom stereocenters. The van der Waals surface area contributed by atoms with E-state index in [1.807, 2.05) is 18.2 Å². The van der Waals surface area contributed by atoms with Crippen LogP contribution in [0.4, 0.5) is 13.2 Å². The Morgan fingerprint density at radius 2 is 1.54 bits per heavy atom. The van der Waals surface area contributed by atoms with Crippen molar-refractivity contribution in [3.8, 4) is 0 Å². The van der Waals surface area contributed by atoms with E-state index in [0.717, 1.165) is 18.4 Å². The number of carbonyl (C=O) groups is 4. The third-order valence-electron chi connectivity index (χ3n) is 11.8. The van der Waals surface area contributed by atoms with E-state index in [9.17, 15) is 32.3 Å². The van der Waals surface area contributed by atoms with Crippen LogP contribution in [0.1, 0.15) is 71.1 Å². The molecular formula is C38H48BF3N6O6. The van der Waals surface area contributed by atoms with E-state index in [2.05, 4.69) is 52.3 Å². The highest BCUT2D eigenvalue weighted by molar-refractivity contribution is 6.46. The molecule has 16 heteroatoms. The van der Waals surface area contributed by atoms with Crippen LogP contribution >= 0.6 is 0 Å². The van der Waals surface area contributed by atoms with Crippen molar-refractivity contribution in [2.45, 2.75) is 109 Å². The molecule has 4 fully saturated rings. The normalized spacial score (nSPS) is 26.1. The van der Waals surface area contributed by atoms with Gasteiger partial charge in [0.05, 0.1) is 24.6 Å². The fraction of sp³-hybridized carbons (Fsp3) is 0.579. The highest BCUT2D eigenvalue weighted by atomic mass is 19.4. The minimum Gasteiger partial charge on any atom is -0.404 e. The molecule has 2 aliphatic heterocycles. The number of alkyl halides is 3. The molecule has 7 rings (SSSR count). The van der Waals surface area contributed by atoms with Crippen LogP contribution < -0.4 is 21.3 Å². The molecule has 2 heterocycles. The number of carbonyl (C=O) groups excluding carboxylic acids is 4. The Bertz CT molecular complexity index is 1770. The lowest BCUT2D eigenvalue weighted by molar-refractivity contribution is -0.199. The topological polar surface area (TPSA) is 160 Å². The Labute approximate surface area is 313 Å². The van der Waals surface area contributed by atoms with Gasteiger partial charge in [-0.25, -0.2) is 0 Å². The lowest BCUT2D eigenvalue weighted by Gasteiger charge is -2.64. The summed E-state index contributed by atoms with van der Waals surface area (Å²) in [7, 11) is -0.606. The summed E-state index contributed by atoms with van der Waals surface area (Å²) < 4.78 is 52.7. The first-order valence-corrected chi connectivity index (χ1v) is 18.5. The average Bonchev–Trinajstić information content (AvgIpc) is 3.86.